The first-order valence-corrected chi connectivity index (χ1v) is 7.34. The van der Waals surface area contributed by atoms with Gasteiger partial charge in [-0.15, -0.1) is 0 Å². The summed E-state index contributed by atoms with van der Waals surface area (Å²) >= 11 is 0. The Labute approximate surface area is 109 Å². The van der Waals surface area contributed by atoms with Crippen LogP contribution in [-0.2, 0) is 14.3 Å². The molecule has 0 aromatic carbocycles. The van der Waals surface area contributed by atoms with Crippen LogP contribution in [0.3, 0.4) is 0 Å². The number of esters is 1. The first kappa shape index (κ1) is 12.5. The van der Waals surface area contributed by atoms with Crippen molar-refractivity contribution in [1.82, 2.24) is 0 Å². The van der Waals surface area contributed by atoms with Gasteiger partial charge in [0.1, 0.15) is 12.2 Å². The van der Waals surface area contributed by atoms with Crippen molar-refractivity contribution < 1.29 is 14.3 Å². The van der Waals surface area contributed by atoms with Gasteiger partial charge in [0.25, 0.3) is 0 Å². The molecule has 1 saturated carbocycles. The molecule has 1 aliphatic carbocycles. The van der Waals surface area contributed by atoms with Gasteiger partial charge in [0, 0.05) is 6.92 Å². The standard InChI is InChI=1S/C15H24O3/c1-11(16)17-10-15-8-5-13(18-15)12(9-15)14(2)6-3-4-7-14/h12-13H,3-10H2,1-2H3. The monoisotopic (exact) mass is 252 g/mol. The van der Waals surface area contributed by atoms with Crippen LogP contribution in [0.2, 0.25) is 0 Å². The minimum absolute atomic E-state index is 0.146. The highest BCUT2D eigenvalue weighted by Crippen LogP contribution is 2.57. The van der Waals surface area contributed by atoms with E-state index in [4.69, 9.17) is 9.47 Å². The zero-order valence-corrected chi connectivity index (χ0v) is 11.5. The van der Waals surface area contributed by atoms with Crippen LogP contribution in [-0.4, -0.2) is 24.3 Å². The van der Waals surface area contributed by atoms with Gasteiger partial charge in [0.2, 0.25) is 0 Å². The second-order valence-electron chi connectivity index (χ2n) is 6.83. The van der Waals surface area contributed by atoms with Gasteiger partial charge in [0.05, 0.1) is 6.10 Å². The summed E-state index contributed by atoms with van der Waals surface area (Å²) < 4.78 is 11.4. The highest BCUT2D eigenvalue weighted by molar-refractivity contribution is 5.65. The zero-order chi connectivity index (χ0) is 12.8. The number of carbonyl (C=O) groups is 1. The summed E-state index contributed by atoms with van der Waals surface area (Å²) in [6.07, 6.45) is 9.18. The molecule has 102 valence electrons. The minimum Gasteiger partial charge on any atom is -0.463 e. The molecule has 3 heteroatoms. The Balaban J connectivity index is 1.69. The van der Waals surface area contributed by atoms with Crippen LogP contribution < -0.4 is 0 Å². The zero-order valence-electron chi connectivity index (χ0n) is 11.5. The van der Waals surface area contributed by atoms with Crippen LogP contribution in [0, 0.1) is 11.3 Å². The number of rotatable bonds is 3. The lowest BCUT2D eigenvalue weighted by Crippen LogP contribution is -2.37. The second kappa shape index (κ2) is 4.22. The van der Waals surface area contributed by atoms with E-state index in [0.717, 1.165) is 19.3 Å². The topological polar surface area (TPSA) is 35.5 Å². The van der Waals surface area contributed by atoms with E-state index < -0.39 is 0 Å². The van der Waals surface area contributed by atoms with E-state index >= 15 is 0 Å². The molecule has 0 N–H and O–H groups in total. The van der Waals surface area contributed by atoms with Crippen molar-refractivity contribution >= 4 is 5.97 Å². The summed E-state index contributed by atoms with van der Waals surface area (Å²) in [7, 11) is 0. The third-order valence-corrected chi connectivity index (χ3v) is 5.51. The molecule has 3 nitrogen and oxygen atoms in total. The Kier molecular flexibility index (Phi) is 2.92. The molecule has 3 rings (SSSR count). The van der Waals surface area contributed by atoms with Crippen molar-refractivity contribution in [1.29, 1.82) is 0 Å². The average molecular weight is 252 g/mol. The fraction of sp³-hybridized carbons (Fsp3) is 0.933. The van der Waals surface area contributed by atoms with E-state index in [1.54, 1.807) is 0 Å². The van der Waals surface area contributed by atoms with Crippen molar-refractivity contribution in [3.05, 3.63) is 0 Å². The highest BCUT2D eigenvalue weighted by atomic mass is 16.6. The molecule has 2 saturated heterocycles. The number of carbonyl (C=O) groups excluding carboxylic acids is 1. The Bertz CT molecular complexity index is 346. The maximum absolute atomic E-state index is 11.0. The Hall–Kier alpha value is -0.570. The molecule has 0 aromatic rings. The second-order valence-corrected chi connectivity index (χ2v) is 6.83. The van der Waals surface area contributed by atoms with Gasteiger partial charge < -0.3 is 9.47 Å². The number of ether oxygens (including phenoxy) is 2. The lowest BCUT2D eigenvalue weighted by molar-refractivity contribution is -0.148. The molecule has 0 radical (unpaired) electrons. The lowest BCUT2D eigenvalue weighted by atomic mass is 9.66. The summed E-state index contributed by atoms with van der Waals surface area (Å²) in [6, 6.07) is 0. The van der Waals surface area contributed by atoms with Crippen molar-refractivity contribution in [2.45, 2.75) is 70.5 Å². The Morgan fingerprint density at radius 1 is 1.33 bits per heavy atom. The summed E-state index contributed by atoms with van der Waals surface area (Å²) in [5.74, 6) is 0.497. The fourth-order valence-corrected chi connectivity index (χ4v) is 4.46. The maximum Gasteiger partial charge on any atom is 0.302 e. The maximum atomic E-state index is 11.0. The van der Waals surface area contributed by atoms with Crippen LogP contribution >= 0.6 is 0 Å². The van der Waals surface area contributed by atoms with Gasteiger partial charge in [-0.25, -0.2) is 0 Å². The van der Waals surface area contributed by atoms with E-state index in [2.05, 4.69) is 6.92 Å². The normalized spacial score (nSPS) is 41.2. The molecule has 3 fully saturated rings. The first-order valence-electron chi connectivity index (χ1n) is 7.34. The van der Waals surface area contributed by atoms with Gasteiger partial charge >= 0.3 is 5.97 Å². The van der Waals surface area contributed by atoms with E-state index in [0.29, 0.717) is 24.0 Å². The first-order chi connectivity index (χ1) is 8.53. The third kappa shape index (κ3) is 1.97. The molecular weight excluding hydrogens is 228 g/mol. The molecule has 0 spiro atoms. The van der Waals surface area contributed by atoms with Crippen molar-refractivity contribution in [3.8, 4) is 0 Å². The van der Waals surface area contributed by atoms with Crippen LogP contribution in [0.1, 0.15) is 58.8 Å². The Morgan fingerprint density at radius 2 is 2.06 bits per heavy atom. The molecule has 2 heterocycles. The predicted molar refractivity (Wildman–Crippen MR) is 68.2 cm³/mol. The van der Waals surface area contributed by atoms with Crippen LogP contribution in [0.25, 0.3) is 0 Å². The van der Waals surface area contributed by atoms with Gasteiger partial charge in [0.15, 0.2) is 0 Å². The van der Waals surface area contributed by atoms with Gasteiger partial charge in [-0.3, -0.25) is 4.79 Å². The lowest BCUT2D eigenvalue weighted by Gasteiger charge is -2.36. The number of hydrogen-bond acceptors (Lipinski definition) is 3. The predicted octanol–water partition coefficient (Wildman–Crippen LogP) is 3.07. The number of hydrogen-bond donors (Lipinski definition) is 0. The third-order valence-electron chi connectivity index (χ3n) is 5.51. The Morgan fingerprint density at radius 3 is 2.72 bits per heavy atom. The van der Waals surface area contributed by atoms with Gasteiger partial charge in [-0.1, -0.05) is 19.8 Å². The molecule has 18 heavy (non-hydrogen) atoms. The molecule has 0 amide bonds. The van der Waals surface area contributed by atoms with Crippen LogP contribution in [0.15, 0.2) is 0 Å². The molecular formula is C15H24O3. The summed E-state index contributed by atoms with van der Waals surface area (Å²) in [5, 5.41) is 0. The molecule has 3 atom stereocenters. The summed E-state index contributed by atoms with van der Waals surface area (Å²) in [5.41, 5.74) is 0.329. The SMILES string of the molecule is CC(=O)OCC12CCC(O1)C(C1(C)CCCC1)C2. The van der Waals surface area contributed by atoms with Crippen molar-refractivity contribution in [3.63, 3.8) is 0 Å². The summed E-state index contributed by atoms with van der Waals surface area (Å²) in [4.78, 5) is 11.0. The smallest absolute Gasteiger partial charge is 0.302 e. The molecule has 2 aliphatic heterocycles. The van der Waals surface area contributed by atoms with Crippen molar-refractivity contribution in [2.75, 3.05) is 6.61 Å². The van der Waals surface area contributed by atoms with Crippen molar-refractivity contribution in [2.24, 2.45) is 11.3 Å². The van der Waals surface area contributed by atoms with Crippen LogP contribution in [0.4, 0.5) is 0 Å². The molecule has 2 bridgehead atoms. The van der Waals surface area contributed by atoms with E-state index in [-0.39, 0.29) is 11.6 Å². The van der Waals surface area contributed by atoms with Gasteiger partial charge in [-0.05, 0) is 43.4 Å². The summed E-state index contributed by atoms with van der Waals surface area (Å²) in [6.45, 7) is 4.38. The average Bonchev–Trinajstić information content (AvgIpc) is 3.01. The fourth-order valence-electron chi connectivity index (χ4n) is 4.46. The van der Waals surface area contributed by atoms with E-state index in [9.17, 15) is 4.79 Å². The van der Waals surface area contributed by atoms with E-state index in [1.807, 2.05) is 0 Å². The largest absolute Gasteiger partial charge is 0.463 e. The molecule has 3 unspecified atom stereocenters. The highest BCUT2D eigenvalue weighted by Gasteiger charge is 2.57. The van der Waals surface area contributed by atoms with Gasteiger partial charge in [-0.2, -0.15) is 0 Å². The quantitative estimate of drug-likeness (QED) is 0.724. The van der Waals surface area contributed by atoms with Crippen LogP contribution in [0.5, 0.6) is 0 Å². The molecule has 0 aromatic heterocycles. The van der Waals surface area contributed by atoms with E-state index in [1.165, 1.54) is 32.6 Å². The number of fused-ring (bicyclic) bond motifs is 2. The minimum atomic E-state index is -0.188. The molecule has 3 aliphatic rings.